The molecule has 9 heteroatoms. The number of halogens is 1. The van der Waals surface area contributed by atoms with Gasteiger partial charge < -0.3 is 10.2 Å². The molecule has 0 aliphatic heterocycles. The molecule has 1 aromatic carbocycles. The number of sulfonamides is 1. The molecule has 0 saturated heterocycles. The molecule has 0 spiro atoms. The first-order chi connectivity index (χ1) is 13.8. The van der Waals surface area contributed by atoms with Gasteiger partial charge in [-0.1, -0.05) is 25.4 Å². The van der Waals surface area contributed by atoms with E-state index in [-0.39, 0.29) is 15.6 Å². The minimum Gasteiger partial charge on any atom is -0.370 e. The zero-order chi connectivity index (χ0) is 21.6. The monoisotopic (exact) mass is 438 g/mol. The number of pyridine rings is 1. The number of carbonyl (C=O) groups is 1. The fraction of sp³-hybridized carbons (Fsp3) is 0.400. The van der Waals surface area contributed by atoms with E-state index in [9.17, 15) is 13.2 Å². The predicted molar refractivity (Wildman–Crippen MR) is 117 cm³/mol. The third-order valence-electron chi connectivity index (χ3n) is 4.67. The van der Waals surface area contributed by atoms with Gasteiger partial charge in [-0.15, -0.1) is 0 Å². The van der Waals surface area contributed by atoms with Gasteiger partial charge in [-0.05, 0) is 44.2 Å². The molecule has 1 amide bonds. The van der Waals surface area contributed by atoms with Gasteiger partial charge in [-0.2, -0.15) is 4.31 Å². The minimum absolute atomic E-state index is 0.0845. The van der Waals surface area contributed by atoms with Crippen molar-refractivity contribution in [3.05, 3.63) is 47.2 Å². The second kappa shape index (κ2) is 10.0. The summed E-state index contributed by atoms with van der Waals surface area (Å²) in [5, 5.41) is 2.90. The van der Waals surface area contributed by atoms with Crippen LogP contribution >= 0.6 is 11.6 Å². The Morgan fingerprint density at radius 3 is 2.28 bits per heavy atom. The Bertz CT molecular complexity index is 958. The Kier molecular flexibility index (Phi) is 8.01. The topological polar surface area (TPSA) is 82.6 Å². The van der Waals surface area contributed by atoms with Gasteiger partial charge in [0, 0.05) is 32.4 Å². The molecule has 1 heterocycles. The third-order valence-corrected chi connectivity index (χ3v) is 7.01. The van der Waals surface area contributed by atoms with Gasteiger partial charge in [0.25, 0.3) is 5.91 Å². The van der Waals surface area contributed by atoms with Crippen molar-refractivity contribution in [1.29, 1.82) is 0 Å². The first-order valence-electron chi connectivity index (χ1n) is 9.61. The van der Waals surface area contributed by atoms with Gasteiger partial charge >= 0.3 is 0 Å². The molecule has 2 aromatic rings. The van der Waals surface area contributed by atoms with E-state index >= 15 is 0 Å². The molecule has 0 saturated carbocycles. The molecular formula is C20H27ClN4O3S. The molecule has 0 bridgehead atoms. The smallest absolute Gasteiger partial charge is 0.258 e. The highest BCUT2D eigenvalue weighted by Crippen LogP contribution is 2.31. The van der Waals surface area contributed by atoms with Gasteiger partial charge in [0.2, 0.25) is 10.0 Å². The van der Waals surface area contributed by atoms with Gasteiger partial charge in [-0.25, -0.2) is 13.4 Å². The van der Waals surface area contributed by atoms with Crippen molar-refractivity contribution in [1.82, 2.24) is 9.29 Å². The summed E-state index contributed by atoms with van der Waals surface area (Å²) in [7, 11) is -3.66. The number of hydrogen-bond acceptors (Lipinski definition) is 5. The fourth-order valence-electron chi connectivity index (χ4n) is 3.07. The summed E-state index contributed by atoms with van der Waals surface area (Å²) in [6, 6.07) is 7.99. The standard InChI is InChI=1S/C20H27ClN4O3S/c1-5-24(6-2)18-12-11-15(29(27,28)25(7-3)8-4)14-17(18)23-20(26)16-10-9-13-22-19(16)21/h9-14H,5-8H2,1-4H3,(H,23,26). The summed E-state index contributed by atoms with van der Waals surface area (Å²) in [6.07, 6.45) is 1.50. The number of rotatable bonds is 9. The van der Waals surface area contributed by atoms with E-state index in [1.54, 1.807) is 38.1 Å². The number of hydrogen-bond donors (Lipinski definition) is 1. The maximum atomic E-state index is 12.9. The lowest BCUT2D eigenvalue weighted by Crippen LogP contribution is -2.31. The summed E-state index contributed by atoms with van der Waals surface area (Å²) in [5.74, 6) is -0.450. The van der Waals surface area contributed by atoms with E-state index in [1.165, 1.54) is 16.6 Å². The highest BCUT2D eigenvalue weighted by Gasteiger charge is 2.24. The van der Waals surface area contributed by atoms with E-state index < -0.39 is 15.9 Å². The maximum absolute atomic E-state index is 12.9. The quantitative estimate of drug-likeness (QED) is 0.601. The Balaban J connectivity index is 2.54. The van der Waals surface area contributed by atoms with Crippen LogP contribution < -0.4 is 10.2 Å². The Morgan fingerprint density at radius 1 is 1.07 bits per heavy atom. The Morgan fingerprint density at radius 2 is 1.72 bits per heavy atom. The van der Waals surface area contributed by atoms with E-state index in [0.29, 0.717) is 31.9 Å². The Hall–Kier alpha value is -2.16. The zero-order valence-electron chi connectivity index (χ0n) is 17.1. The second-order valence-electron chi connectivity index (χ2n) is 6.24. The van der Waals surface area contributed by atoms with E-state index in [2.05, 4.69) is 10.3 Å². The van der Waals surface area contributed by atoms with Crippen molar-refractivity contribution < 1.29 is 13.2 Å². The van der Waals surface area contributed by atoms with Gasteiger partial charge in [0.1, 0.15) is 5.15 Å². The van der Waals surface area contributed by atoms with Crippen LogP contribution in [0.15, 0.2) is 41.4 Å². The maximum Gasteiger partial charge on any atom is 0.258 e. The average Bonchev–Trinajstić information content (AvgIpc) is 2.70. The van der Waals surface area contributed by atoms with Crippen molar-refractivity contribution in [2.45, 2.75) is 32.6 Å². The molecule has 1 N–H and O–H groups in total. The summed E-state index contributed by atoms with van der Waals surface area (Å²) in [5.41, 5.74) is 1.37. The molecule has 0 fully saturated rings. The van der Waals surface area contributed by atoms with Crippen LogP contribution in [0.1, 0.15) is 38.1 Å². The predicted octanol–water partition coefficient (Wildman–Crippen LogP) is 3.86. The number of nitrogens with zero attached hydrogens (tertiary/aromatic N) is 3. The van der Waals surface area contributed by atoms with Crippen molar-refractivity contribution >= 4 is 38.9 Å². The number of benzene rings is 1. The molecule has 0 aliphatic carbocycles. The highest BCUT2D eigenvalue weighted by atomic mass is 35.5. The largest absolute Gasteiger partial charge is 0.370 e. The summed E-state index contributed by atoms with van der Waals surface area (Å²) in [4.78, 5) is 18.9. The van der Waals surface area contributed by atoms with Crippen molar-refractivity contribution in [2.24, 2.45) is 0 Å². The van der Waals surface area contributed by atoms with Crippen LogP contribution in [0.2, 0.25) is 5.15 Å². The normalized spacial score (nSPS) is 11.5. The van der Waals surface area contributed by atoms with Crippen LogP contribution in [-0.4, -0.2) is 49.8 Å². The minimum atomic E-state index is -3.66. The van der Waals surface area contributed by atoms with Gasteiger partial charge in [-0.3, -0.25) is 4.79 Å². The lowest BCUT2D eigenvalue weighted by molar-refractivity contribution is 0.102. The van der Waals surface area contributed by atoms with E-state index in [0.717, 1.165) is 5.69 Å². The molecule has 0 unspecified atom stereocenters. The molecule has 1 aromatic heterocycles. The van der Waals surface area contributed by atoms with Crippen LogP contribution in [0, 0.1) is 0 Å². The molecule has 0 atom stereocenters. The zero-order valence-corrected chi connectivity index (χ0v) is 18.7. The third kappa shape index (κ3) is 5.07. The number of aromatic nitrogens is 1. The van der Waals surface area contributed by atoms with Crippen LogP contribution in [-0.2, 0) is 10.0 Å². The summed E-state index contributed by atoms with van der Waals surface area (Å²) >= 11 is 6.04. The second-order valence-corrected chi connectivity index (χ2v) is 8.53. The first-order valence-corrected chi connectivity index (χ1v) is 11.4. The number of carbonyl (C=O) groups excluding carboxylic acids is 1. The van der Waals surface area contributed by atoms with Crippen LogP contribution in [0.25, 0.3) is 0 Å². The number of anilines is 2. The van der Waals surface area contributed by atoms with Crippen molar-refractivity contribution in [3.63, 3.8) is 0 Å². The Labute approximate surface area is 177 Å². The van der Waals surface area contributed by atoms with Gasteiger partial charge in [0.15, 0.2) is 0 Å². The van der Waals surface area contributed by atoms with Crippen molar-refractivity contribution in [2.75, 3.05) is 36.4 Å². The number of amides is 1. The molecule has 158 valence electrons. The van der Waals surface area contributed by atoms with Gasteiger partial charge in [0.05, 0.1) is 21.8 Å². The van der Waals surface area contributed by atoms with Crippen LogP contribution in [0.5, 0.6) is 0 Å². The molecule has 7 nitrogen and oxygen atoms in total. The number of nitrogens with one attached hydrogen (secondary N) is 1. The summed E-state index contributed by atoms with van der Waals surface area (Å²) in [6.45, 7) is 9.70. The van der Waals surface area contributed by atoms with Crippen molar-refractivity contribution in [3.8, 4) is 0 Å². The lowest BCUT2D eigenvalue weighted by atomic mass is 10.2. The highest BCUT2D eigenvalue weighted by molar-refractivity contribution is 7.89. The fourth-order valence-corrected chi connectivity index (χ4v) is 4.76. The molecular weight excluding hydrogens is 412 g/mol. The van der Waals surface area contributed by atoms with E-state index in [1.807, 2.05) is 18.7 Å². The molecule has 29 heavy (non-hydrogen) atoms. The van der Waals surface area contributed by atoms with Crippen LogP contribution in [0.4, 0.5) is 11.4 Å². The first kappa shape index (κ1) is 23.1. The molecule has 0 radical (unpaired) electrons. The van der Waals surface area contributed by atoms with E-state index in [4.69, 9.17) is 11.6 Å². The lowest BCUT2D eigenvalue weighted by Gasteiger charge is -2.26. The van der Waals surface area contributed by atoms with Crippen LogP contribution in [0.3, 0.4) is 0 Å². The summed E-state index contributed by atoms with van der Waals surface area (Å²) < 4.78 is 27.3. The molecule has 2 rings (SSSR count). The SMILES string of the molecule is CCN(CC)c1ccc(S(=O)(=O)N(CC)CC)cc1NC(=O)c1cccnc1Cl. The molecule has 0 aliphatic rings. The average molecular weight is 439 g/mol.